The number of rotatable bonds is 15. The van der Waals surface area contributed by atoms with Gasteiger partial charge in [0.05, 0.1) is 38.5 Å². The normalized spacial score (nSPS) is 18.6. The summed E-state index contributed by atoms with van der Waals surface area (Å²) in [6.45, 7) is 11.6. The molecule has 9 heteroatoms. The Morgan fingerprint density at radius 3 is 2.42 bits per heavy atom. The van der Waals surface area contributed by atoms with Crippen LogP contribution < -0.4 is 9.47 Å². The fourth-order valence-corrected chi connectivity index (χ4v) is 7.99. The van der Waals surface area contributed by atoms with E-state index in [-0.39, 0.29) is 17.8 Å². The monoisotopic (exact) mass is 607 g/mol. The Morgan fingerprint density at radius 1 is 0.977 bits per heavy atom. The lowest BCUT2D eigenvalue weighted by Gasteiger charge is -2.17. The highest BCUT2D eigenvalue weighted by molar-refractivity contribution is 7.53. The largest absolute Gasteiger partial charge is 0.494 e. The van der Waals surface area contributed by atoms with Crippen molar-refractivity contribution >= 4 is 13.6 Å². The molecule has 230 valence electrons. The molecule has 2 aliphatic carbocycles. The Morgan fingerprint density at radius 2 is 1.72 bits per heavy atom. The fourth-order valence-electron chi connectivity index (χ4n) is 6.35. The first-order valence-electron chi connectivity index (χ1n) is 15.3. The van der Waals surface area contributed by atoms with Crippen LogP contribution in [0.1, 0.15) is 60.9 Å². The number of hydrogen-bond donors (Lipinski definition) is 0. The van der Waals surface area contributed by atoms with Gasteiger partial charge in [-0.1, -0.05) is 18.2 Å². The van der Waals surface area contributed by atoms with Crippen LogP contribution in [0, 0.1) is 25.7 Å². The Labute approximate surface area is 254 Å². The minimum absolute atomic E-state index is 0.0112. The molecule has 1 aromatic heterocycles. The highest BCUT2D eigenvalue weighted by Crippen LogP contribution is 2.61. The van der Waals surface area contributed by atoms with Gasteiger partial charge in [0.15, 0.2) is 0 Å². The molecule has 3 aromatic rings. The Balaban J connectivity index is 1.18. The maximum absolute atomic E-state index is 12.7. The molecule has 8 nitrogen and oxygen atoms in total. The van der Waals surface area contributed by atoms with Gasteiger partial charge >= 0.3 is 13.6 Å². The zero-order valence-corrected chi connectivity index (χ0v) is 26.7. The van der Waals surface area contributed by atoms with Crippen LogP contribution >= 0.6 is 7.60 Å². The van der Waals surface area contributed by atoms with E-state index in [1.165, 1.54) is 5.56 Å². The number of fused-ring (bicyclic) bond motifs is 3. The second-order valence-electron chi connectivity index (χ2n) is 11.2. The molecule has 1 heterocycles. The zero-order chi connectivity index (χ0) is 30.6. The molecule has 2 aliphatic rings. The van der Waals surface area contributed by atoms with Gasteiger partial charge in [-0.25, -0.2) is 4.98 Å². The van der Waals surface area contributed by atoms with Gasteiger partial charge in [-0.2, -0.15) is 0 Å². The minimum Gasteiger partial charge on any atom is -0.494 e. The van der Waals surface area contributed by atoms with Crippen LogP contribution in [0.5, 0.6) is 11.6 Å². The van der Waals surface area contributed by atoms with E-state index in [4.69, 9.17) is 23.3 Å². The third kappa shape index (κ3) is 7.14. The molecule has 0 radical (unpaired) electrons. The van der Waals surface area contributed by atoms with Gasteiger partial charge in [0.1, 0.15) is 12.4 Å². The van der Waals surface area contributed by atoms with Crippen molar-refractivity contribution in [3.63, 3.8) is 0 Å². The molecule has 0 amide bonds. The molecule has 3 atom stereocenters. The van der Waals surface area contributed by atoms with Crippen molar-refractivity contribution in [2.24, 2.45) is 11.8 Å². The first-order valence-corrected chi connectivity index (χ1v) is 17.0. The second kappa shape index (κ2) is 13.6. The van der Waals surface area contributed by atoms with Crippen molar-refractivity contribution in [2.75, 3.05) is 32.6 Å². The van der Waals surface area contributed by atoms with Crippen molar-refractivity contribution in [1.29, 1.82) is 0 Å². The van der Waals surface area contributed by atoms with E-state index in [1.807, 2.05) is 51.2 Å². The number of ether oxygens (including phenoxy) is 3. The summed E-state index contributed by atoms with van der Waals surface area (Å²) in [7, 11) is -3.06. The van der Waals surface area contributed by atoms with Crippen LogP contribution in [0.4, 0.5) is 0 Å². The molecule has 5 rings (SSSR count). The molecule has 0 spiro atoms. The lowest BCUT2D eigenvalue weighted by Crippen LogP contribution is -2.11. The highest BCUT2D eigenvalue weighted by atomic mass is 31.2. The summed E-state index contributed by atoms with van der Waals surface area (Å²) >= 11 is 0. The van der Waals surface area contributed by atoms with Crippen molar-refractivity contribution < 1.29 is 32.6 Å². The number of benzene rings is 2. The van der Waals surface area contributed by atoms with Gasteiger partial charge in [-0.3, -0.25) is 9.36 Å². The lowest BCUT2D eigenvalue weighted by molar-refractivity contribution is -0.145. The number of nitrogens with zero attached hydrogens (tertiary/aromatic N) is 1. The van der Waals surface area contributed by atoms with Gasteiger partial charge in [-0.15, -0.1) is 0 Å². The number of pyridine rings is 1. The molecular formula is C34H42NO7P. The van der Waals surface area contributed by atoms with Crippen molar-refractivity contribution in [3.05, 3.63) is 76.5 Å². The van der Waals surface area contributed by atoms with Gasteiger partial charge in [0, 0.05) is 18.2 Å². The Hall–Kier alpha value is -3.19. The predicted molar refractivity (Wildman–Crippen MR) is 166 cm³/mol. The predicted octanol–water partition coefficient (Wildman–Crippen LogP) is 7.43. The molecule has 1 fully saturated rings. The summed E-state index contributed by atoms with van der Waals surface area (Å²) < 4.78 is 40.7. The van der Waals surface area contributed by atoms with Crippen molar-refractivity contribution in [3.8, 4) is 22.8 Å². The van der Waals surface area contributed by atoms with E-state index < -0.39 is 7.60 Å². The molecular weight excluding hydrogens is 565 g/mol. The Kier molecular flexibility index (Phi) is 9.90. The second-order valence-corrected chi connectivity index (χ2v) is 13.4. The lowest BCUT2D eigenvalue weighted by atomic mass is 9.94. The number of hydrogen-bond acceptors (Lipinski definition) is 8. The number of carbonyl (C=O) groups excluding carboxylic acids is 1. The topological polar surface area (TPSA) is 93.2 Å². The van der Waals surface area contributed by atoms with Gasteiger partial charge < -0.3 is 23.3 Å². The SMILES string of the molecule is CCOC(=O)[C@H]1[C@@H]2Cc3cc(OCc4cccc(-c5c(C)cc(OCCCP(=O)(OCC)OCC)cc5C)c4)ncc3[C@@H]21. The molecule has 0 saturated heterocycles. The number of carbonyl (C=O) groups is 1. The summed E-state index contributed by atoms with van der Waals surface area (Å²) in [6, 6.07) is 14.5. The smallest absolute Gasteiger partial charge is 0.330 e. The van der Waals surface area contributed by atoms with Crippen LogP contribution in [-0.2, 0) is 36.2 Å². The van der Waals surface area contributed by atoms with E-state index >= 15 is 0 Å². The molecule has 43 heavy (non-hydrogen) atoms. The summed E-state index contributed by atoms with van der Waals surface area (Å²) in [5, 5.41) is 0. The molecule has 0 N–H and O–H groups in total. The number of esters is 1. The first kappa shape index (κ1) is 31.2. The van der Waals surface area contributed by atoms with Crippen LogP contribution in [0.25, 0.3) is 11.1 Å². The maximum atomic E-state index is 12.7. The first-order chi connectivity index (χ1) is 20.8. The van der Waals surface area contributed by atoms with Crippen LogP contribution in [-0.4, -0.2) is 43.5 Å². The molecule has 2 aromatic carbocycles. The molecule has 0 aliphatic heterocycles. The average Bonchev–Trinajstić information content (AvgIpc) is 3.56. The zero-order valence-electron chi connectivity index (χ0n) is 25.8. The Bertz CT molecular complexity index is 1470. The standard InChI is InChI=1S/C34H42NO7P/c1-6-38-34(36)33-28-18-26-19-30(35-20-29(26)32(28)33)40-21-24-11-9-12-25(17-24)31-22(4)15-27(16-23(31)5)39-13-10-14-43(37,41-7-2)42-8-3/h9,11-12,15-17,19-20,28,32-33H,6-8,10,13-14,18,21H2,1-5H3/t28-,32-,33+/m1/s1. The maximum Gasteiger partial charge on any atom is 0.330 e. The van der Waals surface area contributed by atoms with Crippen molar-refractivity contribution in [1.82, 2.24) is 4.98 Å². The van der Waals surface area contributed by atoms with E-state index in [2.05, 4.69) is 37.0 Å². The van der Waals surface area contributed by atoms with Gasteiger partial charge in [-0.05, 0) is 111 Å². The summed E-state index contributed by atoms with van der Waals surface area (Å²) in [4.78, 5) is 16.7. The number of aryl methyl sites for hydroxylation is 2. The highest BCUT2D eigenvalue weighted by Gasteiger charge is 2.60. The average molecular weight is 608 g/mol. The molecule has 1 saturated carbocycles. The number of aromatic nitrogens is 1. The quantitative estimate of drug-likeness (QED) is 0.100. The summed E-state index contributed by atoms with van der Waals surface area (Å²) in [5.74, 6) is 1.88. The third-order valence-electron chi connectivity index (χ3n) is 8.15. The molecule has 0 bridgehead atoms. The van der Waals surface area contributed by atoms with Crippen molar-refractivity contribution in [2.45, 2.75) is 60.0 Å². The van der Waals surface area contributed by atoms with Gasteiger partial charge in [0.25, 0.3) is 0 Å². The summed E-state index contributed by atoms with van der Waals surface area (Å²) in [6.07, 6.45) is 3.65. The van der Waals surface area contributed by atoms with E-state index in [1.54, 1.807) is 0 Å². The van der Waals surface area contributed by atoms with Crippen LogP contribution in [0.3, 0.4) is 0 Å². The van der Waals surface area contributed by atoms with Crippen LogP contribution in [0.2, 0.25) is 0 Å². The van der Waals surface area contributed by atoms with E-state index in [0.29, 0.717) is 57.4 Å². The summed E-state index contributed by atoms with van der Waals surface area (Å²) in [5.41, 5.74) is 7.94. The van der Waals surface area contributed by atoms with Gasteiger partial charge in [0.2, 0.25) is 5.88 Å². The molecule has 0 unspecified atom stereocenters. The minimum atomic E-state index is -3.06. The third-order valence-corrected chi connectivity index (χ3v) is 10.3. The van der Waals surface area contributed by atoms with E-state index in [0.717, 1.165) is 45.6 Å². The van der Waals surface area contributed by atoms with E-state index in [9.17, 15) is 9.36 Å². The fraction of sp³-hybridized carbons (Fsp3) is 0.471. The van der Waals surface area contributed by atoms with Crippen LogP contribution in [0.15, 0.2) is 48.7 Å².